The predicted molar refractivity (Wildman–Crippen MR) is 71.2 cm³/mol. The van der Waals surface area contributed by atoms with Gasteiger partial charge in [-0.1, -0.05) is 6.07 Å². The molecule has 8 nitrogen and oxygen atoms in total. The monoisotopic (exact) mass is 284 g/mol. The Labute approximate surface area is 115 Å². The lowest BCUT2D eigenvalue weighted by Crippen LogP contribution is -2.25. The number of aliphatic carboxylic acids is 1. The molecule has 0 aliphatic carbocycles. The first-order chi connectivity index (χ1) is 9.49. The van der Waals surface area contributed by atoms with Crippen LogP contribution in [-0.2, 0) is 9.53 Å². The summed E-state index contributed by atoms with van der Waals surface area (Å²) in [6, 6.07) is 4.61. The van der Waals surface area contributed by atoms with Crippen LogP contribution >= 0.6 is 0 Å². The molecule has 1 aromatic rings. The van der Waals surface area contributed by atoms with E-state index in [-0.39, 0.29) is 30.1 Å². The molecule has 1 unspecified atom stereocenters. The minimum Gasteiger partial charge on any atom is -0.490 e. The highest BCUT2D eigenvalue weighted by Crippen LogP contribution is 2.34. The number of hydrogen-bond acceptors (Lipinski definition) is 6. The molecule has 1 rings (SSSR count). The normalized spacial score (nSPS) is 11.7. The van der Waals surface area contributed by atoms with E-state index in [1.165, 1.54) is 26.4 Å². The molecule has 8 heteroatoms. The van der Waals surface area contributed by atoms with Crippen molar-refractivity contribution in [3.05, 3.63) is 28.3 Å². The number of rotatable bonds is 8. The molecule has 0 amide bonds. The van der Waals surface area contributed by atoms with Gasteiger partial charge in [0.05, 0.1) is 24.6 Å². The van der Waals surface area contributed by atoms with Crippen LogP contribution in [0.25, 0.3) is 0 Å². The molecule has 0 saturated heterocycles. The molecule has 0 aliphatic heterocycles. The van der Waals surface area contributed by atoms with Crippen molar-refractivity contribution in [2.75, 3.05) is 26.1 Å². The molecule has 0 aliphatic rings. The standard InChI is InChI=1S/C12H16N2O6/c1-19-8(6-11(15)16)7-13-9-4-3-5-10(20-2)12(9)14(17)18/h3-5,8,13H,6-7H2,1-2H3,(H,15,16). The first-order valence-electron chi connectivity index (χ1n) is 5.79. The number of methoxy groups -OCH3 is 2. The number of nitrogens with one attached hydrogen (secondary N) is 1. The maximum Gasteiger partial charge on any atom is 0.333 e. The molecule has 1 aromatic carbocycles. The Bertz CT molecular complexity index is 491. The first kappa shape index (κ1) is 15.7. The van der Waals surface area contributed by atoms with Gasteiger partial charge in [0.1, 0.15) is 5.69 Å². The van der Waals surface area contributed by atoms with Crippen molar-refractivity contribution in [2.45, 2.75) is 12.5 Å². The van der Waals surface area contributed by atoms with Gasteiger partial charge >= 0.3 is 11.7 Å². The van der Waals surface area contributed by atoms with Crippen molar-refractivity contribution in [1.82, 2.24) is 0 Å². The number of nitro groups is 1. The highest BCUT2D eigenvalue weighted by Gasteiger charge is 2.21. The molecule has 110 valence electrons. The van der Waals surface area contributed by atoms with E-state index in [2.05, 4.69) is 5.32 Å². The Kier molecular flexibility index (Phi) is 5.73. The Morgan fingerprint density at radius 3 is 2.70 bits per heavy atom. The Morgan fingerprint density at radius 2 is 2.20 bits per heavy atom. The van der Waals surface area contributed by atoms with Crippen molar-refractivity contribution < 1.29 is 24.3 Å². The number of carboxylic acids is 1. The number of para-hydroxylation sites is 1. The summed E-state index contributed by atoms with van der Waals surface area (Å²) in [5.41, 5.74) is 0.0574. The third-order valence-corrected chi connectivity index (χ3v) is 2.66. The lowest BCUT2D eigenvalue weighted by molar-refractivity contribution is -0.384. The van der Waals surface area contributed by atoms with Crippen LogP contribution in [0.2, 0.25) is 0 Å². The molecule has 20 heavy (non-hydrogen) atoms. The van der Waals surface area contributed by atoms with Crippen LogP contribution in [-0.4, -0.2) is 42.9 Å². The second-order valence-corrected chi connectivity index (χ2v) is 3.95. The fourth-order valence-corrected chi connectivity index (χ4v) is 1.68. The van der Waals surface area contributed by atoms with Crippen LogP contribution in [0.5, 0.6) is 5.75 Å². The molecule has 0 bridgehead atoms. The van der Waals surface area contributed by atoms with Gasteiger partial charge in [0.2, 0.25) is 0 Å². The van der Waals surface area contributed by atoms with E-state index in [0.29, 0.717) is 0 Å². The van der Waals surface area contributed by atoms with Crippen molar-refractivity contribution in [2.24, 2.45) is 0 Å². The number of ether oxygens (including phenoxy) is 2. The molecular formula is C12H16N2O6. The average Bonchev–Trinajstić information content (AvgIpc) is 2.42. The SMILES string of the molecule is COc1cccc(NCC(CC(=O)O)OC)c1[N+](=O)[O-]. The first-order valence-corrected chi connectivity index (χ1v) is 5.79. The van der Waals surface area contributed by atoms with Gasteiger partial charge < -0.3 is 19.9 Å². The molecule has 0 spiro atoms. The predicted octanol–water partition coefficient (Wildman–Crippen LogP) is 1.50. The minimum atomic E-state index is -1.00. The summed E-state index contributed by atoms with van der Waals surface area (Å²) >= 11 is 0. The summed E-state index contributed by atoms with van der Waals surface area (Å²) in [6.45, 7) is 0.136. The molecule has 0 aromatic heterocycles. The summed E-state index contributed by atoms with van der Waals surface area (Å²) in [5.74, 6) is -0.869. The molecular weight excluding hydrogens is 268 g/mol. The average molecular weight is 284 g/mol. The van der Waals surface area contributed by atoms with Crippen LogP contribution in [0.4, 0.5) is 11.4 Å². The zero-order chi connectivity index (χ0) is 15.1. The molecule has 0 radical (unpaired) electrons. The highest BCUT2D eigenvalue weighted by molar-refractivity contribution is 5.69. The largest absolute Gasteiger partial charge is 0.490 e. The van der Waals surface area contributed by atoms with E-state index in [1.54, 1.807) is 6.07 Å². The number of nitrogens with zero attached hydrogens (tertiary/aromatic N) is 1. The topological polar surface area (TPSA) is 111 Å². The minimum absolute atomic E-state index is 0.132. The van der Waals surface area contributed by atoms with Crippen LogP contribution in [0.15, 0.2) is 18.2 Å². The van der Waals surface area contributed by atoms with Gasteiger partial charge in [0.15, 0.2) is 5.75 Å². The van der Waals surface area contributed by atoms with Crippen molar-refractivity contribution >= 4 is 17.3 Å². The van der Waals surface area contributed by atoms with E-state index in [9.17, 15) is 14.9 Å². The van der Waals surface area contributed by atoms with Crippen molar-refractivity contribution in [3.63, 3.8) is 0 Å². The quantitative estimate of drug-likeness (QED) is 0.549. The molecule has 0 fully saturated rings. The number of carbonyl (C=O) groups is 1. The highest BCUT2D eigenvalue weighted by atomic mass is 16.6. The second kappa shape index (κ2) is 7.29. The van der Waals surface area contributed by atoms with Crippen LogP contribution in [0, 0.1) is 10.1 Å². The van der Waals surface area contributed by atoms with Gasteiger partial charge in [-0.25, -0.2) is 0 Å². The third kappa shape index (κ3) is 4.09. The Hall–Kier alpha value is -2.35. The molecule has 0 saturated carbocycles. The second-order valence-electron chi connectivity index (χ2n) is 3.95. The summed E-state index contributed by atoms with van der Waals surface area (Å²) in [6.07, 6.45) is -0.778. The van der Waals surface area contributed by atoms with Gasteiger partial charge in [0, 0.05) is 13.7 Å². The Morgan fingerprint density at radius 1 is 1.50 bits per heavy atom. The third-order valence-electron chi connectivity index (χ3n) is 2.66. The van der Waals surface area contributed by atoms with Gasteiger partial charge in [-0.3, -0.25) is 14.9 Å². The number of hydrogen-bond donors (Lipinski definition) is 2. The van der Waals surface area contributed by atoms with Crippen molar-refractivity contribution in [3.8, 4) is 5.75 Å². The van der Waals surface area contributed by atoms with Gasteiger partial charge in [0.25, 0.3) is 0 Å². The summed E-state index contributed by atoms with van der Waals surface area (Å²) in [4.78, 5) is 21.1. The van der Waals surface area contributed by atoms with Crippen molar-refractivity contribution in [1.29, 1.82) is 0 Å². The number of carboxylic acid groups (broad SMARTS) is 1. The lowest BCUT2D eigenvalue weighted by Gasteiger charge is -2.15. The molecule has 0 heterocycles. The van der Waals surface area contributed by atoms with Gasteiger partial charge in [-0.05, 0) is 12.1 Å². The van der Waals surface area contributed by atoms with E-state index in [1.807, 2.05) is 0 Å². The van der Waals surface area contributed by atoms with Gasteiger partial charge in [-0.15, -0.1) is 0 Å². The maximum absolute atomic E-state index is 11.1. The zero-order valence-corrected chi connectivity index (χ0v) is 11.2. The molecule has 1 atom stereocenters. The van der Waals surface area contributed by atoms with E-state index >= 15 is 0 Å². The van der Waals surface area contributed by atoms with E-state index in [4.69, 9.17) is 14.6 Å². The summed E-state index contributed by atoms with van der Waals surface area (Å²) in [7, 11) is 2.73. The number of nitro benzene ring substituents is 1. The fraction of sp³-hybridized carbons (Fsp3) is 0.417. The fourth-order valence-electron chi connectivity index (χ4n) is 1.68. The van der Waals surface area contributed by atoms with E-state index < -0.39 is 17.0 Å². The number of benzene rings is 1. The zero-order valence-electron chi connectivity index (χ0n) is 11.2. The van der Waals surface area contributed by atoms with Gasteiger partial charge in [-0.2, -0.15) is 0 Å². The van der Waals surface area contributed by atoms with Crippen LogP contribution in [0.3, 0.4) is 0 Å². The lowest BCUT2D eigenvalue weighted by atomic mass is 10.2. The molecule has 2 N–H and O–H groups in total. The maximum atomic E-state index is 11.1. The summed E-state index contributed by atoms with van der Waals surface area (Å²) < 4.78 is 9.93. The summed E-state index contributed by atoms with van der Waals surface area (Å²) in [5, 5.41) is 22.6. The number of anilines is 1. The smallest absolute Gasteiger partial charge is 0.333 e. The Balaban J connectivity index is 2.86. The van der Waals surface area contributed by atoms with Crippen LogP contribution < -0.4 is 10.1 Å². The van der Waals surface area contributed by atoms with E-state index in [0.717, 1.165) is 0 Å². The van der Waals surface area contributed by atoms with Crippen LogP contribution in [0.1, 0.15) is 6.42 Å².